The summed E-state index contributed by atoms with van der Waals surface area (Å²) in [5, 5.41) is 30.5. The molecule has 0 heterocycles. The van der Waals surface area contributed by atoms with Gasteiger partial charge in [-0.3, -0.25) is 19.2 Å². The lowest BCUT2D eigenvalue weighted by molar-refractivity contribution is -0.757. The lowest BCUT2D eigenvalue weighted by atomic mass is 9.44. The van der Waals surface area contributed by atoms with Crippen LogP contribution in [0.15, 0.2) is 23.8 Å². The molecular formula is C30H39FN2O13. The lowest BCUT2D eigenvalue weighted by Crippen LogP contribution is -2.70. The highest BCUT2D eigenvalue weighted by Gasteiger charge is 2.77. The number of Topliss-reactive ketones (excluding diaryl/α,β-unsaturated/α-hetero) is 1. The highest BCUT2D eigenvalue weighted by molar-refractivity contribution is 6.01. The van der Waals surface area contributed by atoms with E-state index in [2.05, 4.69) is 9.68 Å². The molecule has 8 unspecified atom stereocenters. The van der Waals surface area contributed by atoms with Crippen LogP contribution in [0.1, 0.15) is 72.1 Å². The van der Waals surface area contributed by atoms with Crippen molar-refractivity contribution in [1.82, 2.24) is 0 Å². The zero-order valence-corrected chi connectivity index (χ0v) is 25.9. The molecule has 0 bridgehead atoms. The fourth-order valence-corrected chi connectivity index (χ4v) is 8.67. The van der Waals surface area contributed by atoms with Crippen molar-refractivity contribution >= 4 is 23.5 Å². The van der Waals surface area contributed by atoms with E-state index >= 15 is 4.39 Å². The fourth-order valence-electron chi connectivity index (χ4n) is 8.67. The molecule has 16 heteroatoms. The Morgan fingerprint density at radius 3 is 2.26 bits per heavy atom. The van der Waals surface area contributed by atoms with Gasteiger partial charge in [0.2, 0.25) is 5.78 Å². The fraction of sp³-hybridized carbons (Fsp3) is 0.733. The first-order chi connectivity index (χ1) is 21.5. The topological polar surface area (TPSA) is 212 Å². The maximum absolute atomic E-state index is 17.6. The number of carbonyl (C=O) groups excluding carboxylic acids is 4. The van der Waals surface area contributed by atoms with Crippen LogP contribution >= 0.6 is 0 Å². The van der Waals surface area contributed by atoms with Gasteiger partial charge < -0.3 is 24.3 Å². The van der Waals surface area contributed by atoms with E-state index in [1.165, 1.54) is 18.2 Å². The molecular weight excluding hydrogens is 615 g/mol. The molecule has 0 aliphatic heterocycles. The average Bonchev–Trinajstić information content (AvgIpc) is 3.19. The molecule has 0 saturated heterocycles. The van der Waals surface area contributed by atoms with E-state index < -0.39 is 87.1 Å². The van der Waals surface area contributed by atoms with E-state index in [1.807, 2.05) is 0 Å². The van der Waals surface area contributed by atoms with Crippen LogP contribution in [0, 0.1) is 48.8 Å². The molecule has 4 aliphatic rings. The van der Waals surface area contributed by atoms with Gasteiger partial charge in [0.25, 0.3) is 10.2 Å². The third kappa shape index (κ3) is 5.86. The molecule has 46 heavy (non-hydrogen) atoms. The number of ketones is 2. The predicted octanol–water partition coefficient (Wildman–Crippen LogP) is 2.97. The SMILES string of the molecule is CC1CC2C3CCC4=CC(=O)C=CC4(C)C3(F)C(O)CC2(C)C1(OC(=O)CCCO[N+](=O)[O-])C(=O)COC(=O)CCCO[N+](=O)[O-]. The number of halogens is 1. The van der Waals surface area contributed by atoms with E-state index in [4.69, 9.17) is 9.47 Å². The number of aliphatic hydroxyl groups is 1. The van der Waals surface area contributed by atoms with Crippen LogP contribution < -0.4 is 0 Å². The predicted molar refractivity (Wildman–Crippen MR) is 152 cm³/mol. The van der Waals surface area contributed by atoms with Crippen LogP contribution in [-0.4, -0.2) is 76.0 Å². The molecule has 0 radical (unpaired) electrons. The van der Waals surface area contributed by atoms with Crippen LogP contribution in [0.25, 0.3) is 0 Å². The number of carbonyl (C=O) groups is 4. The summed E-state index contributed by atoms with van der Waals surface area (Å²) >= 11 is 0. The Morgan fingerprint density at radius 1 is 1.04 bits per heavy atom. The lowest BCUT2D eigenvalue weighted by Gasteiger charge is -2.62. The molecule has 4 aliphatic carbocycles. The van der Waals surface area contributed by atoms with Gasteiger partial charge in [-0.05, 0) is 63.5 Å². The van der Waals surface area contributed by atoms with E-state index in [1.54, 1.807) is 20.8 Å². The van der Waals surface area contributed by atoms with Crippen molar-refractivity contribution in [3.8, 4) is 0 Å². The molecule has 4 rings (SSSR count). The Kier molecular flexibility index (Phi) is 9.90. The highest BCUT2D eigenvalue weighted by atomic mass is 19.1. The molecule has 3 saturated carbocycles. The quantitative estimate of drug-likeness (QED) is 0.124. The number of hydrogen-bond acceptors (Lipinski definition) is 13. The number of rotatable bonds is 14. The maximum Gasteiger partial charge on any atom is 0.306 e. The van der Waals surface area contributed by atoms with Crippen molar-refractivity contribution in [3.63, 3.8) is 0 Å². The van der Waals surface area contributed by atoms with Crippen molar-refractivity contribution in [3.05, 3.63) is 44.0 Å². The van der Waals surface area contributed by atoms with Crippen LogP contribution in [0.5, 0.6) is 0 Å². The van der Waals surface area contributed by atoms with Crippen molar-refractivity contribution in [2.24, 2.45) is 28.6 Å². The van der Waals surface area contributed by atoms with Gasteiger partial charge in [0, 0.05) is 35.5 Å². The zero-order valence-electron chi connectivity index (χ0n) is 25.9. The Hall–Kier alpha value is -3.95. The summed E-state index contributed by atoms with van der Waals surface area (Å²) < 4.78 is 28.8. The molecule has 0 aromatic heterocycles. The monoisotopic (exact) mass is 654 g/mol. The van der Waals surface area contributed by atoms with Gasteiger partial charge >= 0.3 is 11.9 Å². The van der Waals surface area contributed by atoms with Gasteiger partial charge in [-0.2, -0.15) is 0 Å². The standard InChI is InChI=1S/C30H39FN2O13/c1-18-14-22-21-9-8-19-15-20(34)10-11-27(19,2)29(21,31)23(35)16-28(22,3)30(18,46-26(38)7-5-13-45-33(41)42)24(36)17-43-25(37)6-4-12-44-32(39)40/h10-11,15,18,21-23,35H,4-9,12-14,16-17H2,1-3H3. The van der Waals surface area contributed by atoms with E-state index in [0.717, 1.165) is 0 Å². The van der Waals surface area contributed by atoms with Crippen molar-refractivity contribution in [2.45, 2.75) is 89.5 Å². The second-order valence-corrected chi connectivity index (χ2v) is 13.0. The Balaban J connectivity index is 1.64. The number of nitrogens with zero attached hydrogens (tertiary/aromatic N) is 2. The molecule has 0 spiro atoms. The Morgan fingerprint density at radius 2 is 1.65 bits per heavy atom. The zero-order chi connectivity index (χ0) is 34.1. The van der Waals surface area contributed by atoms with E-state index in [0.29, 0.717) is 12.0 Å². The van der Waals surface area contributed by atoms with Gasteiger partial charge in [0.15, 0.2) is 23.7 Å². The summed E-state index contributed by atoms with van der Waals surface area (Å²) in [5.41, 5.74) is -6.21. The summed E-state index contributed by atoms with van der Waals surface area (Å²) in [7, 11) is 0. The largest absolute Gasteiger partial charge is 0.457 e. The molecule has 0 aromatic carbocycles. The first kappa shape index (κ1) is 34.9. The van der Waals surface area contributed by atoms with E-state index in [9.17, 15) is 44.5 Å². The van der Waals surface area contributed by atoms with Gasteiger partial charge in [0.05, 0.1) is 19.3 Å². The summed E-state index contributed by atoms with van der Waals surface area (Å²) in [5.74, 6) is -4.86. The number of aliphatic hydroxyl groups excluding tert-OH is 1. The highest BCUT2D eigenvalue weighted by Crippen LogP contribution is 2.71. The Labute approximate surface area is 263 Å². The summed E-state index contributed by atoms with van der Waals surface area (Å²) in [6, 6.07) is 0. The molecule has 0 amide bonds. The summed E-state index contributed by atoms with van der Waals surface area (Å²) in [6.45, 7) is 3.40. The minimum Gasteiger partial charge on any atom is -0.457 e. The normalized spacial score (nSPS) is 35.9. The second kappa shape index (κ2) is 13.0. The number of hydrogen-bond donors (Lipinski definition) is 1. The smallest absolute Gasteiger partial charge is 0.306 e. The van der Waals surface area contributed by atoms with E-state index in [-0.39, 0.29) is 57.3 Å². The number of ether oxygens (including phenoxy) is 2. The molecule has 8 atom stereocenters. The molecule has 254 valence electrons. The Bertz CT molecular complexity index is 1350. The van der Waals surface area contributed by atoms with Crippen molar-refractivity contribution in [1.29, 1.82) is 0 Å². The number of alkyl halides is 1. The van der Waals surface area contributed by atoms with Gasteiger partial charge in [0.1, 0.15) is 0 Å². The maximum atomic E-state index is 17.6. The molecule has 0 aromatic rings. The second-order valence-electron chi connectivity index (χ2n) is 13.0. The van der Waals surface area contributed by atoms with Gasteiger partial charge in [-0.1, -0.05) is 25.5 Å². The van der Waals surface area contributed by atoms with Crippen LogP contribution in [0.2, 0.25) is 0 Å². The minimum absolute atomic E-state index is 0.0573. The third-order valence-electron chi connectivity index (χ3n) is 10.7. The number of fused-ring (bicyclic) bond motifs is 5. The summed E-state index contributed by atoms with van der Waals surface area (Å²) in [4.78, 5) is 81.2. The minimum atomic E-state index is -2.21. The number of esters is 2. The van der Waals surface area contributed by atoms with Crippen molar-refractivity contribution < 1.29 is 58.0 Å². The molecule has 3 fully saturated rings. The third-order valence-corrected chi connectivity index (χ3v) is 10.7. The summed E-state index contributed by atoms with van der Waals surface area (Å²) in [6.07, 6.45) is 2.34. The first-order valence-corrected chi connectivity index (χ1v) is 15.3. The van der Waals surface area contributed by atoms with Gasteiger partial charge in [-0.15, -0.1) is 20.2 Å². The van der Waals surface area contributed by atoms with Gasteiger partial charge in [-0.25, -0.2) is 4.39 Å². The number of allylic oxidation sites excluding steroid dienone is 4. The van der Waals surface area contributed by atoms with Crippen molar-refractivity contribution in [2.75, 3.05) is 19.8 Å². The van der Waals surface area contributed by atoms with Crippen LogP contribution in [0.4, 0.5) is 4.39 Å². The van der Waals surface area contributed by atoms with Crippen LogP contribution in [0.3, 0.4) is 0 Å². The molecule has 1 N–H and O–H groups in total. The molecule has 15 nitrogen and oxygen atoms in total. The first-order valence-electron chi connectivity index (χ1n) is 15.3. The van der Waals surface area contributed by atoms with Crippen LogP contribution in [-0.2, 0) is 38.3 Å². The average molecular weight is 655 g/mol.